The Morgan fingerprint density at radius 2 is 1.66 bits per heavy atom. The summed E-state index contributed by atoms with van der Waals surface area (Å²) in [5.41, 5.74) is 1.54. The van der Waals surface area contributed by atoms with E-state index in [1.54, 1.807) is 49.5 Å². The fraction of sp³-hybridized carbons (Fsp3) is 0.511. The number of nitrogens with one attached hydrogen (secondary N) is 4. The molecule has 0 bridgehead atoms. The van der Waals surface area contributed by atoms with Crippen LogP contribution in [0.5, 0.6) is 11.5 Å². The molecule has 4 N–H and O–H groups in total. The summed E-state index contributed by atoms with van der Waals surface area (Å²) in [5, 5.41) is 13.1. The number of amides is 4. The quantitative estimate of drug-likeness (QED) is 0.0590. The molecule has 5 aromatic rings. The van der Waals surface area contributed by atoms with Gasteiger partial charge in [-0.2, -0.15) is 4.98 Å². The maximum absolute atomic E-state index is 13.1. The highest BCUT2D eigenvalue weighted by atomic mass is 32.2. The minimum atomic E-state index is -0.399. The minimum Gasteiger partial charge on any atom is -0.494 e. The zero-order valence-corrected chi connectivity index (χ0v) is 41.4. The van der Waals surface area contributed by atoms with Crippen molar-refractivity contribution in [1.82, 2.24) is 40.0 Å². The molecule has 1 aromatic carbocycles. The number of likely N-dealkylation sites (N-methyl/N-ethyl adjacent to an activating group) is 1. The number of aryl methyl sites for hydroxylation is 2. The lowest BCUT2D eigenvalue weighted by atomic mass is 9.94. The number of hydrogen-bond acceptors (Lipinski definition) is 16. The molecule has 2 aliphatic heterocycles. The van der Waals surface area contributed by atoms with E-state index in [0.717, 1.165) is 15.5 Å². The zero-order chi connectivity index (χ0) is 48.5. The number of piperidine rings is 2. The van der Waals surface area contributed by atoms with Crippen molar-refractivity contribution in [3.63, 3.8) is 0 Å². The number of rotatable bonds is 18. The summed E-state index contributed by atoms with van der Waals surface area (Å²) in [6, 6.07) is 5.23. The molecule has 21 heteroatoms. The van der Waals surface area contributed by atoms with Crippen LogP contribution in [0.25, 0.3) is 10.9 Å². The fourth-order valence-electron chi connectivity index (χ4n) is 8.06. The Balaban J connectivity index is 0.800. The molecule has 4 aromatic heterocycles. The molecule has 0 atom stereocenters. The van der Waals surface area contributed by atoms with E-state index in [1.165, 1.54) is 30.1 Å². The molecule has 6 heterocycles. The van der Waals surface area contributed by atoms with E-state index in [4.69, 9.17) is 18.9 Å². The van der Waals surface area contributed by atoms with Gasteiger partial charge in [0.05, 0.1) is 35.0 Å². The smallest absolute Gasteiger partial charge is 0.293 e. The molecule has 364 valence electrons. The number of ether oxygens (including phenoxy) is 2. The average molecular weight is 972 g/mol. The maximum atomic E-state index is 13.1. The second kappa shape index (κ2) is 22.3. The number of oxazole rings is 1. The van der Waals surface area contributed by atoms with E-state index in [9.17, 15) is 24.0 Å². The third-order valence-electron chi connectivity index (χ3n) is 12.2. The van der Waals surface area contributed by atoms with Gasteiger partial charge in [-0.05, 0) is 57.6 Å². The van der Waals surface area contributed by atoms with Crippen LogP contribution in [0.15, 0.2) is 50.2 Å². The number of thioether (sulfide) groups is 1. The summed E-state index contributed by atoms with van der Waals surface area (Å²) in [4.78, 5) is 86.2. The Morgan fingerprint density at radius 1 is 0.926 bits per heavy atom. The zero-order valence-electron chi connectivity index (χ0n) is 39.7. The predicted octanol–water partition coefficient (Wildman–Crippen LogP) is 5.93. The Morgan fingerprint density at radius 3 is 2.37 bits per heavy atom. The Labute approximate surface area is 403 Å². The highest BCUT2D eigenvalue weighted by Gasteiger charge is 2.29. The molecule has 2 aliphatic rings. The number of fused-ring (bicyclic) bond motifs is 1. The third-order valence-corrected chi connectivity index (χ3v) is 14.2. The maximum Gasteiger partial charge on any atom is 0.293 e. The standard InChI is InChI=1S/C47H61N11O8S2/c1-28-23-51-45(54-41(28)53-32-20-31-21-34(65-26-36(59)48-5)44(63)56(6)40(31)33(22-32)64-7)58-18-13-29(14-19-58)42(61)49-15-9-8-10-38(60)57-16-11-30(12-17-57)43(62)55-46-52-25-39(68-46)67-27-37-50-24-35(66-37)47(2,3)4/h20-25,29-30H,8-19,26-27H2,1-7H3,(H,48,59)(H,49,61)(H,51,53,54)(H,52,55,62). The highest BCUT2D eigenvalue weighted by Crippen LogP contribution is 2.34. The van der Waals surface area contributed by atoms with Gasteiger partial charge in [-0.15, -0.1) is 11.8 Å². The summed E-state index contributed by atoms with van der Waals surface area (Å²) in [5.74, 6) is 3.06. The van der Waals surface area contributed by atoms with Crippen molar-refractivity contribution in [2.75, 3.05) is 69.0 Å². The molecule has 2 saturated heterocycles. The van der Waals surface area contributed by atoms with Crippen LogP contribution in [0.3, 0.4) is 0 Å². The van der Waals surface area contributed by atoms with Gasteiger partial charge in [0.15, 0.2) is 17.5 Å². The number of nitrogens with zero attached hydrogens (tertiary/aromatic N) is 7. The summed E-state index contributed by atoms with van der Waals surface area (Å²) in [6.45, 7) is 10.6. The number of aromatic nitrogens is 5. The predicted molar refractivity (Wildman–Crippen MR) is 262 cm³/mol. The molecule has 0 radical (unpaired) electrons. The molecule has 0 unspecified atom stereocenters. The monoisotopic (exact) mass is 971 g/mol. The van der Waals surface area contributed by atoms with E-state index in [0.29, 0.717) is 129 Å². The fourth-order valence-corrected chi connectivity index (χ4v) is 9.79. The first-order valence-electron chi connectivity index (χ1n) is 22.9. The van der Waals surface area contributed by atoms with E-state index in [-0.39, 0.29) is 53.2 Å². The first kappa shape index (κ1) is 49.7. The van der Waals surface area contributed by atoms with Gasteiger partial charge < -0.3 is 49.5 Å². The second-order valence-corrected chi connectivity index (χ2v) is 20.4. The van der Waals surface area contributed by atoms with Gasteiger partial charge in [0.1, 0.15) is 17.3 Å². The van der Waals surface area contributed by atoms with E-state index in [2.05, 4.69) is 61.9 Å². The topological polar surface area (TPSA) is 228 Å². The molecule has 0 spiro atoms. The van der Waals surface area contributed by atoms with Gasteiger partial charge in [-0.25, -0.2) is 15.0 Å². The van der Waals surface area contributed by atoms with Crippen LogP contribution in [0.2, 0.25) is 0 Å². The molecule has 2 fully saturated rings. The number of thiazole rings is 1. The van der Waals surface area contributed by atoms with Crippen molar-refractivity contribution in [2.24, 2.45) is 18.9 Å². The SMILES string of the molecule is CNC(=O)COc1cc2cc(Nc3nc(N4CCC(C(=O)NCCCCC(=O)N5CCC(C(=O)Nc6ncc(SCc7ncc(C(C)(C)C)o7)s6)CC5)CC4)ncc3C)cc(OC)c2n(C)c1=O. The lowest BCUT2D eigenvalue weighted by Gasteiger charge is -2.31. The van der Waals surface area contributed by atoms with E-state index >= 15 is 0 Å². The Kier molecular flexibility index (Phi) is 16.3. The number of carbonyl (C=O) groups is 4. The minimum absolute atomic E-state index is 0.0158. The second-order valence-electron chi connectivity index (χ2n) is 18.1. The number of hydrogen-bond donors (Lipinski definition) is 4. The molecular formula is C47H61N11O8S2. The van der Waals surface area contributed by atoms with Crippen molar-refractivity contribution in [3.8, 4) is 11.5 Å². The van der Waals surface area contributed by atoms with Crippen molar-refractivity contribution in [3.05, 3.63) is 64.4 Å². The summed E-state index contributed by atoms with van der Waals surface area (Å²) < 4.78 is 19.5. The summed E-state index contributed by atoms with van der Waals surface area (Å²) in [6.07, 6.45) is 9.53. The van der Waals surface area contributed by atoms with Gasteiger partial charge in [-0.3, -0.25) is 24.0 Å². The van der Waals surface area contributed by atoms with E-state index < -0.39 is 5.56 Å². The van der Waals surface area contributed by atoms with Crippen molar-refractivity contribution in [1.29, 1.82) is 0 Å². The van der Waals surface area contributed by atoms with Crippen molar-refractivity contribution >= 4 is 80.2 Å². The van der Waals surface area contributed by atoms with Crippen LogP contribution in [0.1, 0.15) is 82.9 Å². The summed E-state index contributed by atoms with van der Waals surface area (Å²) >= 11 is 2.99. The first-order valence-corrected chi connectivity index (χ1v) is 24.7. The number of likely N-dealkylation sites (tertiary alicyclic amines) is 1. The number of benzene rings is 1. The number of methoxy groups -OCH3 is 1. The Hall–Kier alpha value is -6.22. The molecule has 0 saturated carbocycles. The third kappa shape index (κ3) is 12.5. The summed E-state index contributed by atoms with van der Waals surface area (Å²) in [7, 11) is 4.65. The highest BCUT2D eigenvalue weighted by molar-refractivity contribution is 8.00. The van der Waals surface area contributed by atoms with Gasteiger partial charge in [0, 0.05) is 99.4 Å². The lowest BCUT2D eigenvalue weighted by Crippen LogP contribution is -2.42. The van der Waals surface area contributed by atoms with Crippen molar-refractivity contribution < 1.29 is 33.1 Å². The van der Waals surface area contributed by atoms with Crippen LogP contribution in [0.4, 0.5) is 22.6 Å². The number of pyridine rings is 1. The van der Waals surface area contributed by atoms with Gasteiger partial charge in [0.25, 0.3) is 11.5 Å². The number of unbranched alkanes of at least 4 members (excludes halogenated alkanes) is 1. The van der Waals surface area contributed by atoms with Crippen LogP contribution in [-0.4, -0.2) is 107 Å². The normalized spacial score (nSPS) is 14.8. The van der Waals surface area contributed by atoms with Crippen LogP contribution in [-0.2, 0) is 37.4 Å². The van der Waals surface area contributed by atoms with Crippen LogP contribution in [0, 0.1) is 18.8 Å². The molecule has 4 amide bonds. The van der Waals surface area contributed by atoms with Crippen LogP contribution >= 0.6 is 23.1 Å². The number of carbonyl (C=O) groups excluding carboxylic acids is 4. The molecular weight excluding hydrogens is 911 g/mol. The van der Waals surface area contributed by atoms with E-state index in [1.807, 2.05) is 17.9 Å². The molecule has 7 rings (SSSR count). The van der Waals surface area contributed by atoms with Gasteiger partial charge in [0.2, 0.25) is 29.6 Å². The average Bonchev–Trinajstić information content (AvgIpc) is 4.02. The first-order chi connectivity index (χ1) is 32.6. The lowest BCUT2D eigenvalue weighted by molar-refractivity contribution is -0.134. The largest absolute Gasteiger partial charge is 0.494 e. The number of anilines is 4. The Bertz CT molecular complexity index is 2660. The van der Waals surface area contributed by atoms with Gasteiger partial charge in [-0.1, -0.05) is 32.1 Å². The van der Waals surface area contributed by atoms with Crippen molar-refractivity contribution in [2.45, 2.75) is 88.0 Å². The molecule has 68 heavy (non-hydrogen) atoms. The molecule has 0 aliphatic carbocycles. The molecule has 19 nitrogen and oxygen atoms in total. The van der Waals surface area contributed by atoms with Gasteiger partial charge >= 0.3 is 0 Å². The van der Waals surface area contributed by atoms with Crippen LogP contribution < -0.4 is 41.2 Å².